The molecule has 0 aliphatic rings. The van der Waals surface area contributed by atoms with E-state index in [4.69, 9.17) is 9.15 Å². The van der Waals surface area contributed by atoms with Crippen molar-refractivity contribution in [2.45, 2.75) is 20.0 Å². The molecule has 0 fully saturated rings. The molecule has 0 saturated heterocycles. The van der Waals surface area contributed by atoms with Crippen LogP contribution in [-0.4, -0.2) is 26.4 Å². The number of nitrogens with zero attached hydrogens (tertiary/aromatic N) is 3. The minimum absolute atomic E-state index is 0.0651. The van der Waals surface area contributed by atoms with Gasteiger partial charge in [0.15, 0.2) is 6.61 Å². The zero-order valence-corrected chi connectivity index (χ0v) is 11.7. The molecular weight excluding hydrogens is 288 g/mol. The van der Waals surface area contributed by atoms with Crippen LogP contribution in [0.2, 0.25) is 0 Å². The van der Waals surface area contributed by atoms with Crippen molar-refractivity contribution >= 4 is 16.7 Å². The van der Waals surface area contributed by atoms with Gasteiger partial charge >= 0.3 is 5.97 Å². The van der Waals surface area contributed by atoms with Crippen LogP contribution in [0.15, 0.2) is 33.5 Å². The number of rotatable bonds is 4. The number of hydrogen-bond donors (Lipinski definition) is 1. The third-order valence-electron chi connectivity index (χ3n) is 3.01. The van der Waals surface area contributed by atoms with Gasteiger partial charge in [-0.3, -0.25) is 9.59 Å². The summed E-state index contributed by atoms with van der Waals surface area (Å²) in [4.78, 5) is 23.5. The number of carbonyl (C=O) groups is 1. The Kier molecular flexibility index (Phi) is 3.65. The minimum atomic E-state index is -0.499. The largest absolute Gasteiger partial charge is 0.455 e. The predicted octanol–water partition coefficient (Wildman–Crippen LogP) is 0.900. The molecule has 3 rings (SSSR count). The fourth-order valence-corrected chi connectivity index (χ4v) is 2.03. The first-order valence-corrected chi connectivity index (χ1v) is 6.54. The molecule has 2 aromatic heterocycles. The van der Waals surface area contributed by atoms with Gasteiger partial charge in [0.2, 0.25) is 5.89 Å². The molecule has 8 heteroatoms. The number of benzene rings is 1. The van der Waals surface area contributed by atoms with Crippen molar-refractivity contribution in [1.29, 1.82) is 0 Å². The molecule has 0 atom stereocenters. The molecule has 1 N–H and O–H groups in total. The minimum Gasteiger partial charge on any atom is -0.455 e. The van der Waals surface area contributed by atoms with Crippen molar-refractivity contribution in [3.05, 3.63) is 52.1 Å². The molecule has 0 radical (unpaired) electrons. The van der Waals surface area contributed by atoms with Crippen LogP contribution in [0.5, 0.6) is 0 Å². The van der Waals surface area contributed by atoms with Crippen molar-refractivity contribution in [3.8, 4) is 0 Å². The molecule has 0 saturated carbocycles. The fraction of sp³-hybridized carbons (Fsp3) is 0.214. The van der Waals surface area contributed by atoms with Crippen molar-refractivity contribution in [3.63, 3.8) is 0 Å². The van der Waals surface area contributed by atoms with Gasteiger partial charge in [0.05, 0.1) is 17.5 Å². The summed E-state index contributed by atoms with van der Waals surface area (Å²) in [5.41, 5.74) is 0.149. The number of aryl methyl sites for hydroxylation is 1. The molecule has 0 aliphatic heterocycles. The topological polar surface area (TPSA) is 111 Å². The lowest BCUT2D eigenvalue weighted by Crippen LogP contribution is -2.15. The van der Waals surface area contributed by atoms with Gasteiger partial charge in [-0.1, -0.05) is 18.2 Å². The Hall–Kier alpha value is -3.03. The second-order valence-electron chi connectivity index (χ2n) is 4.60. The molecule has 2 heterocycles. The monoisotopic (exact) mass is 300 g/mol. The van der Waals surface area contributed by atoms with Gasteiger partial charge in [0.1, 0.15) is 0 Å². The average molecular weight is 300 g/mol. The highest BCUT2D eigenvalue weighted by Gasteiger charge is 2.13. The smallest absolute Gasteiger partial charge is 0.312 e. The number of H-pyrrole nitrogens is 1. The van der Waals surface area contributed by atoms with Gasteiger partial charge < -0.3 is 9.15 Å². The van der Waals surface area contributed by atoms with E-state index < -0.39 is 5.97 Å². The number of esters is 1. The van der Waals surface area contributed by atoms with Crippen molar-refractivity contribution in [2.75, 3.05) is 0 Å². The summed E-state index contributed by atoms with van der Waals surface area (Å²) in [5.74, 6) is 0.130. The van der Waals surface area contributed by atoms with E-state index in [0.29, 0.717) is 22.4 Å². The highest BCUT2D eigenvalue weighted by Crippen LogP contribution is 2.13. The van der Waals surface area contributed by atoms with E-state index >= 15 is 0 Å². The van der Waals surface area contributed by atoms with Gasteiger partial charge in [-0.25, -0.2) is 5.10 Å². The molecule has 112 valence electrons. The average Bonchev–Trinajstić information content (AvgIpc) is 2.94. The third kappa shape index (κ3) is 2.85. The van der Waals surface area contributed by atoms with Crippen molar-refractivity contribution < 1.29 is 13.9 Å². The summed E-state index contributed by atoms with van der Waals surface area (Å²) in [5, 5.41) is 14.8. The standard InChI is InChI=1S/C14H12N4O4/c1-8-15-17-12(22-8)7-21-13(19)6-11-9-4-2-3-5-10(9)14(20)18-16-11/h2-5H,6-7H2,1H3,(H,18,20). The summed E-state index contributed by atoms with van der Waals surface area (Å²) in [7, 11) is 0. The molecule has 0 amide bonds. The number of hydrogen-bond acceptors (Lipinski definition) is 7. The maximum atomic E-state index is 11.9. The second-order valence-corrected chi connectivity index (χ2v) is 4.60. The molecular formula is C14H12N4O4. The number of ether oxygens (including phenoxy) is 1. The quantitative estimate of drug-likeness (QED) is 0.712. The van der Waals surface area contributed by atoms with Crippen LogP contribution in [0.1, 0.15) is 17.5 Å². The van der Waals surface area contributed by atoms with Gasteiger partial charge in [-0.15, -0.1) is 10.2 Å². The van der Waals surface area contributed by atoms with Crippen LogP contribution in [0.25, 0.3) is 10.8 Å². The lowest BCUT2D eigenvalue weighted by Gasteiger charge is -2.04. The molecule has 22 heavy (non-hydrogen) atoms. The van der Waals surface area contributed by atoms with Crippen LogP contribution in [-0.2, 0) is 22.6 Å². The molecule has 0 bridgehead atoms. The first kappa shape index (κ1) is 13.9. The molecule has 1 aromatic carbocycles. The van der Waals surface area contributed by atoms with Crippen LogP contribution in [0.3, 0.4) is 0 Å². The Morgan fingerprint density at radius 1 is 1.27 bits per heavy atom. The summed E-state index contributed by atoms with van der Waals surface area (Å²) in [6.07, 6.45) is -0.0651. The molecule has 0 spiro atoms. The van der Waals surface area contributed by atoms with E-state index in [9.17, 15) is 9.59 Å². The summed E-state index contributed by atoms with van der Waals surface area (Å²) in [6, 6.07) is 6.94. The Morgan fingerprint density at radius 3 is 2.77 bits per heavy atom. The SMILES string of the molecule is Cc1nnc(COC(=O)Cc2n[nH]c(=O)c3ccccc23)o1. The Balaban J connectivity index is 1.74. The highest BCUT2D eigenvalue weighted by molar-refractivity contribution is 5.86. The molecule has 0 unspecified atom stereocenters. The van der Waals surface area contributed by atoms with Gasteiger partial charge in [0.25, 0.3) is 11.4 Å². The van der Waals surface area contributed by atoms with E-state index in [1.165, 1.54) is 0 Å². The van der Waals surface area contributed by atoms with Crippen molar-refractivity contribution in [2.24, 2.45) is 0 Å². The van der Waals surface area contributed by atoms with Crippen LogP contribution >= 0.6 is 0 Å². The number of carbonyl (C=O) groups excluding carboxylic acids is 1. The predicted molar refractivity (Wildman–Crippen MR) is 74.9 cm³/mol. The zero-order chi connectivity index (χ0) is 15.5. The highest BCUT2D eigenvalue weighted by atomic mass is 16.5. The maximum Gasteiger partial charge on any atom is 0.312 e. The van der Waals surface area contributed by atoms with E-state index in [1.54, 1.807) is 31.2 Å². The normalized spacial score (nSPS) is 10.8. The van der Waals surface area contributed by atoms with Crippen molar-refractivity contribution in [1.82, 2.24) is 20.4 Å². The summed E-state index contributed by atoms with van der Waals surface area (Å²) < 4.78 is 10.2. The molecule has 8 nitrogen and oxygen atoms in total. The van der Waals surface area contributed by atoms with Crippen LogP contribution in [0, 0.1) is 6.92 Å². The molecule has 3 aromatic rings. The van der Waals surface area contributed by atoms with E-state index in [-0.39, 0.29) is 24.5 Å². The van der Waals surface area contributed by atoms with Gasteiger partial charge in [0, 0.05) is 12.3 Å². The third-order valence-corrected chi connectivity index (χ3v) is 3.01. The summed E-state index contributed by atoms with van der Waals surface area (Å²) >= 11 is 0. The number of nitrogens with one attached hydrogen (secondary N) is 1. The lowest BCUT2D eigenvalue weighted by molar-refractivity contribution is -0.144. The summed E-state index contributed by atoms with van der Waals surface area (Å²) in [6.45, 7) is 1.55. The van der Waals surface area contributed by atoms with Crippen LogP contribution in [0.4, 0.5) is 0 Å². The van der Waals surface area contributed by atoms with E-state index in [0.717, 1.165) is 0 Å². The Morgan fingerprint density at radius 2 is 2.05 bits per heavy atom. The Bertz CT molecular complexity index is 884. The number of fused-ring (bicyclic) bond motifs is 1. The lowest BCUT2D eigenvalue weighted by atomic mass is 10.1. The van der Waals surface area contributed by atoms with Gasteiger partial charge in [-0.05, 0) is 6.07 Å². The Labute approximate surface area is 124 Å². The second kappa shape index (κ2) is 5.76. The number of aromatic nitrogens is 4. The number of aromatic amines is 1. The first-order valence-electron chi connectivity index (χ1n) is 6.54. The van der Waals surface area contributed by atoms with Crippen LogP contribution < -0.4 is 5.56 Å². The maximum absolute atomic E-state index is 11.9. The van der Waals surface area contributed by atoms with E-state index in [1.807, 2.05) is 0 Å². The van der Waals surface area contributed by atoms with Gasteiger partial charge in [-0.2, -0.15) is 5.10 Å². The molecule has 0 aliphatic carbocycles. The van der Waals surface area contributed by atoms with E-state index in [2.05, 4.69) is 20.4 Å². The fourth-order valence-electron chi connectivity index (χ4n) is 2.03. The first-order chi connectivity index (χ1) is 10.6. The zero-order valence-electron chi connectivity index (χ0n) is 11.7.